The first-order valence-electron chi connectivity index (χ1n) is 4.78. The number of rotatable bonds is 5. The second-order valence-electron chi connectivity index (χ2n) is 3.28. The van der Waals surface area contributed by atoms with Crippen LogP contribution in [0.3, 0.4) is 0 Å². The standard InChI is InChI=1S/C12H15ClN2/c1-4-6-15(7-5-2)11-8-10(3)12(13)14-9-11/h4-5,8-9H,1-2,6-7H2,3H3. The van der Waals surface area contributed by atoms with Crippen molar-refractivity contribution in [2.75, 3.05) is 18.0 Å². The zero-order valence-electron chi connectivity index (χ0n) is 8.91. The summed E-state index contributed by atoms with van der Waals surface area (Å²) < 4.78 is 0. The molecule has 1 heterocycles. The minimum absolute atomic E-state index is 0.552. The van der Waals surface area contributed by atoms with Crippen molar-refractivity contribution in [1.82, 2.24) is 4.98 Å². The highest BCUT2D eigenvalue weighted by molar-refractivity contribution is 6.30. The molecule has 0 saturated carbocycles. The van der Waals surface area contributed by atoms with Crippen molar-refractivity contribution < 1.29 is 0 Å². The molecule has 15 heavy (non-hydrogen) atoms. The predicted molar refractivity (Wildman–Crippen MR) is 66.6 cm³/mol. The fourth-order valence-electron chi connectivity index (χ4n) is 1.31. The Bertz CT molecular complexity index is 351. The molecule has 0 atom stereocenters. The van der Waals surface area contributed by atoms with Crippen LogP contribution in [0.1, 0.15) is 5.56 Å². The molecule has 0 aliphatic carbocycles. The molecule has 3 heteroatoms. The summed E-state index contributed by atoms with van der Waals surface area (Å²) in [4.78, 5) is 6.24. The molecule has 1 aromatic rings. The zero-order valence-corrected chi connectivity index (χ0v) is 9.67. The Balaban J connectivity index is 2.94. The zero-order chi connectivity index (χ0) is 11.3. The van der Waals surface area contributed by atoms with Crippen molar-refractivity contribution in [2.45, 2.75) is 6.92 Å². The van der Waals surface area contributed by atoms with Gasteiger partial charge in [0.25, 0.3) is 0 Å². The van der Waals surface area contributed by atoms with Crippen LogP contribution in [0.5, 0.6) is 0 Å². The van der Waals surface area contributed by atoms with Gasteiger partial charge in [0, 0.05) is 13.1 Å². The van der Waals surface area contributed by atoms with E-state index in [-0.39, 0.29) is 0 Å². The van der Waals surface area contributed by atoms with E-state index in [0.717, 1.165) is 24.3 Å². The largest absolute Gasteiger partial charge is 0.363 e. The lowest BCUT2D eigenvalue weighted by Gasteiger charge is -2.21. The van der Waals surface area contributed by atoms with Gasteiger partial charge in [0.2, 0.25) is 0 Å². The third kappa shape index (κ3) is 3.10. The van der Waals surface area contributed by atoms with E-state index in [0.29, 0.717) is 5.15 Å². The highest BCUT2D eigenvalue weighted by Crippen LogP contribution is 2.19. The van der Waals surface area contributed by atoms with Crippen LogP contribution in [-0.2, 0) is 0 Å². The molecule has 0 radical (unpaired) electrons. The average Bonchev–Trinajstić information content (AvgIpc) is 2.22. The molecule has 0 aromatic carbocycles. The van der Waals surface area contributed by atoms with E-state index in [1.807, 2.05) is 25.1 Å². The van der Waals surface area contributed by atoms with Gasteiger partial charge in [-0.15, -0.1) is 13.2 Å². The van der Waals surface area contributed by atoms with E-state index in [1.54, 1.807) is 6.20 Å². The lowest BCUT2D eigenvalue weighted by atomic mass is 10.2. The summed E-state index contributed by atoms with van der Waals surface area (Å²) >= 11 is 5.87. The molecule has 0 aliphatic heterocycles. The van der Waals surface area contributed by atoms with Gasteiger partial charge in [0.15, 0.2) is 0 Å². The molecule has 0 saturated heterocycles. The summed E-state index contributed by atoms with van der Waals surface area (Å²) in [6, 6.07) is 2.02. The molecule has 0 amide bonds. The van der Waals surface area contributed by atoms with Gasteiger partial charge in [-0.1, -0.05) is 23.8 Å². The highest BCUT2D eigenvalue weighted by Gasteiger charge is 2.05. The normalized spacial score (nSPS) is 9.73. The molecular weight excluding hydrogens is 208 g/mol. The summed E-state index contributed by atoms with van der Waals surface area (Å²) in [5.41, 5.74) is 2.02. The van der Waals surface area contributed by atoms with Crippen molar-refractivity contribution >= 4 is 17.3 Å². The van der Waals surface area contributed by atoms with E-state index < -0.39 is 0 Å². The molecule has 1 rings (SSSR count). The number of pyridine rings is 1. The maximum atomic E-state index is 5.87. The maximum absolute atomic E-state index is 5.87. The summed E-state index contributed by atoms with van der Waals surface area (Å²) in [6.07, 6.45) is 5.48. The smallest absolute Gasteiger partial charge is 0.132 e. The number of halogens is 1. The highest BCUT2D eigenvalue weighted by atomic mass is 35.5. The lowest BCUT2D eigenvalue weighted by molar-refractivity contribution is 0.948. The van der Waals surface area contributed by atoms with E-state index in [2.05, 4.69) is 23.0 Å². The number of aryl methyl sites for hydroxylation is 1. The van der Waals surface area contributed by atoms with Gasteiger partial charge in [0.1, 0.15) is 5.15 Å². The van der Waals surface area contributed by atoms with Gasteiger partial charge in [-0.05, 0) is 18.6 Å². The molecule has 80 valence electrons. The minimum Gasteiger partial charge on any atom is -0.363 e. The molecule has 0 spiro atoms. The molecule has 0 aliphatic rings. The maximum Gasteiger partial charge on any atom is 0.132 e. The van der Waals surface area contributed by atoms with Crippen molar-refractivity contribution in [3.8, 4) is 0 Å². The molecule has 1 aromatic heterocycles. The van der Waals surface area contributed by atoms with E-state index >= 15 is 0 Å². The van der Waals surface area contributed by atoms with Crippen molar-refractivity contribution in [2.24, 2.45) is 0 Å². The van der Waals surface area contributed by atoms with Gasteiger partial charge in [-0.25, -0.2) is 4.98 Å². The van der Waals surface area contributed by atoms with Crippen molar-refractivity contribution in [3.05, 3.63) is 48.3 Å². The predicted octanol–water partition coefficient (Wildman–Crippen LogP) is 3.22. The van der Waals surface area contributed by atoms with Gasteiger partial charge in [0.05, 0.1) is 11.9 Å². The van der Waals surface area contributed by atoms with Crippen molar-refractivity contribution in [1.29, 1.82) is 0 Å². The third-order valence-corrected chi connectivity index (χ3v) is 2.46. The van der Waals surface area contributed by atoms with Crippen LogP contribution in [0.15, 0.2) is 37.6 Å². The Hall–Kier alpha value is -1.28. The van der Waals surface area contributed by atoms with Gasteiger partial charge in [-0.2, -0.15) is 0 Å². The van der Waals surface area contributed by atoms with Crippen LogP contribution in [-0.4, -0.2) is 18.1 Å². The molecule has 0 fully saturated rings. The first-order valence-corrected chi connectivity index (χ1v) is 5.15. The number of anilines is 1. The Morgan fingerprint density at radius 3 is 2.47 bits per heavy atom. The minimum atomic E-state index is 0.552. The van der Waals surface area contributed by atoms with Gasteiger partial charge in [-0.3, -0.25) is 0 Å². The SMILES string of the molecule is C=CCN(CC=C)c1cnc(Cl)c(C)c1. The Morgan fingerprint density at radius 1 is 1.40 bits per heavy atom. The first kappa shape index (κ1) is 11.8. The van der Waals surface area contributed by atoms with Crippen LogP contribution in [0, 0.1) is 6.92 Å². The van der Waals surface area contributed by atoms with Crippen molar-refractivity contribution in [3.63, 3.8) is 0 Å². The summed E-state index contributed by atoms with van der Waals surface area (Å²) in [6.45, 7) is 10.9. The van der Waals surface area contributed by atoms with Gasteiger partial charge < -0.3 is 4.90 Å². The van der Waals surface area contributed by atoms with E-state index in [4.69, 9.17) is 11.6 Å². The molecule has 2 nitrogen and oxygen atoms in total. The van der Waals surface area contributed by atoms with Crippen LogP contribution in [0.4, 0.5) is 5.69 Å². The second-order valence-corrected chi connectivity index (χ2v) is 3.64. The summed E-state index contributed by atoms with van der Waals surface area (Å²) in [7, 11) is 0. The third-order valence-electron chi connectivity index (χ3n) is 2.06. The Labute approximate surface area is 95.9 Å². The quantitative estimate of drug-likeness (QED) is 0.562. The molecular formula is C12H15ClN2. The van der Waals surface area contributed by atoms with Crippen LogP contribution in [0.2, 0.25) is 5.15 Å². The fourth-order valence-corrected chi connectivity index (χ4v) is 1.42. The summed E-state index contributed by atoms with van der Waals surface area (Å²) in [5, 5.41) is 0.552. The monoisotopic (exact) mass is 222 g/mol. The second kappa shape index (κ2) is 5.56. The lowest BCUT2D eigenvalue weighted by Crippen LogP contribution is -2.23. The Morgan fingerprint density at radius 2 is 2.00 bits per heavy atom. The van der Waals surface area contributed by atoms with E-state index in [9.17, 15) is 0 Å². The van der Waals surface area contributed by atoms with E-state index in [1.165, 1.54) is 0 Å². The molecule has 0 N–H and O–H groups in total. The number of aromatic nitrogens is 1. The topological polar surface area (TPSA) is 16.1 Å². The number of hydrogen-bond acceptors (Lipinski definition) is 2. The summed E-state index contributed by atoms with van der Waals surface area (Å²) in [5.74, 6) is 0. The van der Waals surface area contributed by atoms with Crippen LogP contribution in [0.25, 0.3) is 0 Å². The van der Waals surface area contributed by atoms with Crippen LogP contribution < -0.4 is 4.90 Å². The van der Waals surface area contributed by atoms with Gasteiger partial charge >= 0.3 is 0 Å². The Kier molecular flexibility index (Phi) is 4.37. The first-order chi connectivity index (χ1) is 7.19. The number of nitrogens with zero attached hydrogens (tertiary/aromatic N) is 2. The number of hydrogen-bond donors (Lipinski definition) is 0. The van der Waals surface area contributed by atoms with Crippen LogP contribution >= 0.6 is 11.6 Å². The fraction of sp³-hybridized carbons (Fsp3) is 0.250. The molecule has 0 unspecified atom stereocenters. The average molecular weight is 223 g/mol. The molecule has 0 bridgehead atoms.